The Kier molecular flexibility index (Phi) is 18.5. The fourth-order valence-corrected chi connectivity index (χ4v) is 4.63. The van der Waals surface area contributed by atoms with Crippen molar-refractivity contribution in [3.05, 3.63) is 54.1 Å². The quantitative estimate of drug-likeness (QED) is 0.0447. The zero-order valence-corrected chi connectivity index (χ0v) is 37.1. The molecule has 0 saturated carbocycles. The van der Waals surface area contributed by atoms with Gasteiger partial charge in [-0.2, -0.15) is 0 Å². The van der Waals surface area contributed by atoms with Gasteiger partial charge in [0.25, 0.3) is 5.91 Å². The molecule has 0 aliphatic rings. The number of nitrogens with zero attached hydrogens (tertiary/aromatic N) is 1. The van der Waals surface area contributed by atoms with Gasteiger partial charge in [-0.05, 0) is 132 Å². The summed E-state index contributed by atoms with van der Waals surface area (Å²) in [4.78, 5) is 93.4. The number of hydrogen-bond donors (Lipinski definition) is 6. The number of esters is 1. The van der Waals surface area contributed by atoms with Gasteiger partial charge in [-0.3, -0.25) is 29.8 Å². The average Bonchev–Trinajstić information content (AvgIpc) is 3.07. The van der Waals surface area contributed by atoms with Crippen LogP contribution in [0.2, 0.25) is 0 Å². The number of carbonyl (C=O) groups is 7. The lowest BCUT2D eigenvalue weighted by Gasteiger charge is -2.23. The molecule has 2 aromatic rings. The molecule has 336 valence electrons. The number of aliphatic imine (C=N–C) groups is 1. The van der Waals surface area contributed by atoms with Gasteiger partial charge in [0.15, 0.2) is 0 Å². The van der Waals surface area contributed by atoms with E-state index in [4.69, 9.17) is 23.7 Å². The fourth-order valence-electron chi connectivity index (χ4n) is 4.63. The summed E-state index contributed by atoms with van der Waals surface area (Å²) in [6, 6.07) is 10.7. The summed E-state index contributed by atoms with van der Waals surface area (Å²) in [5, 5.41) is 15.0. The molecule has 0 aromatic heterocycles. The van der Waals surface area contributed by atoms with Gasteiger partial charge < -0.3 is 45.0 Å². The maximum absolute atomic E-state index is 13.4. The second kappa shape index (κ2) is 22.3. The van der Waals surface area contributed by atoms with E-state index in [0.29, 0.717) is 31.0 Å². The molecule has 0 aliphatic heterocycles. The number of ether oxygens (including phenoxy) is 5. The van der Waals surface area contributed by atoms with Crippen molar-refractivity contribution in [3.63, 3.8) is 0 Å². The van der Waals surface area contributed by atoms with Gasteiger partial charge in [-0.25, -0.2) is 19.4 Å². The first kappa shape index (κ1) is 50.7. The molecule has 0 bridgehead atoms. The van der Waals surface area contributed by atoms with E-state index in [2.05, 4.69) is 36.9 Å². The minimum Gasteiger partial charge on any atom is -0.494 e. The Labute approximate surface area is 356 Å². The molecule has 2 aromatic carbocycles. The standard InChI is InChI=1S/C42H61N7O12/c1-39(2,3)58-32(51)24-30(34(53)45-27-17-19-29(20-18-27)57-22-14-21-43-36(54)59-40(4,5)6)47-31(50)25-44-33(52)26-15-13-16-28(23-26)46-35(48-37(55)60-41(7,8)9)49-38(56)61-42(10,11)12/h13,15-20,23,30H,14,21-22,24-25H2,1-12H3,(H,43,54)(H,44,52)(H,45,53)(H,47,50)(H2,46,48,49,55,56). The summed E-state index contributed by atoms with van der Waals surface area (Å²) in [6.45, 7) is 20.3. The predicted molar refractivity (Wildman–Crippen MR) is 226 cm³/mol. The second-order valence-electron chi connectivity index (χ2n) is 17.5. The summed E-state index contributed by atoms with van der Waals surface area (Å²) in [7, 11) is 0. The largest absolute Gasteiger partial charge is 0.494 e. The van der Waals surface area contributed by atoms with E-state index in [-0.39, 0.29) is 17.2 Å². The van der Waals surface area contributed by atoms with Crippen molar-refractivity contribution in [1.82, 2.24) is 26.6 Å². The van der Waals surface area contributed by atoms with Crippen LogP contribution in [0, 0.1) is 0 Å². The maximum Gasteiger partial charge on any atom is 0.414 e. The van der Waals surface area contributed by atoms with Crippen LogP contribution in [0.1, 0.15) is 106 Å². The number of nitrogens with one attached hydrogen (secondary N) is 6. The molecule has 0 heterocycles. The Balaban J connectivity index is 2.10. The Hall–Kier alpha value is -6.40. The lowest BCUT2D eigenvalue weighted by Crippen LogP contribution is -2.48. The first-order valence-electron chi connectivity index (χ1n) is 19.5. The first-order valence-corrected chi connectivity index (χ1v) is 19.5. The average molecular weight is 856 g/mol. The zero-order chi connectivity index (χ0) is 46.2. The minimum atomic E-state index is -1.39. The minimum absolute atomic E-state index is 0.0517. The molecule has 1 unspecified atom stereocenters. The molecule has 0 radical (unpaired) electrons. The highest BCUT2D eigenvalue weighted by Gasteiger charge is 2.28. The monoisotopic (exact) mass is 855 g/mol. The Morgan fingerprint density at radius 2 is 1.20 bits per heavy atom. The molecule has 0 aliphatic carbocycles. The van der Waals surface area contributed by atoms with Crippen LogP contribution in [0.3, 0.4) is 0 Å². The van der Waals surface area contributed by atoms with Crippen LogP contribution < -0.4 is 36.6 Å². The zero-order valence-electron chi connectivity index (χ0n) is 37.1. The van der Waals surface area contributed by atoms with Crippen molar-refractivity contribution in [3.8, 4) is 5.75 Å². The molecule has 61 heavy (non-hydrogen) atoms. The highest BCUT2D eigenvalue weighted by Crippen LogP contribution is 2.18. The summed E-state index contributed by atoms with van der Waals surface area (Å²) < 4.78 is 26.8. The van der Waals surface area contributed by atoms with E-state index in [0.717, 1.165) is 0 Å². The first-order chi connectivity index (χ1) is 28.1. The molecule has 6 N–H and O–H groups in total. The lowest BCUT2D eigenvalue weighted by molar-refractivity contribution is -0.156. The Bertz CT molecular complexity index is 1860. The van der Waals surface area contributed by atoms with Crippen molar-refractivity contribution in [2.75, 3.05) is 25.0 Å². The third-order valence-electron chi connectivity index (χ3n) is 6.82. The molecule has 0 saturated heterocycles. The number of carbonyl (C=O) groups excluding carboxylic acids is 7. The number of anilines is 1. The molecule has 19 nitrogen and oxygen atoms in total. The molecule has 1 atom stereocenters. The second-order valence-corrected chi connectivity index (χ2v) is 17.5. The summed E-state index contributed by atoms with van der Waals surface area (Å²) in [6.07, 6.45) is -2.36. The topological polar surface area (TPSA) is 250 Å². The van der Waals surface area contributed by atoms with E-state index in [1.54, 1.807) is 107 Å². The van der Waals surface area contributed by atoms with Crippen LogP contribution in [-0.2, 0) is 33.3 Å². The molecule has 0 fully saturated rings. The maximum atomic E-state index is 13.4. The van der Waals surface area contributed by atoms with Gasteiger partial charge in [0.2, 0.25) is 17.8 Å². The van der Waals surface area contributed by atoms with Gasteiger partial charge in [-0.1, -0.05) is 6.07 Å². The number of rotatable bonds is 14. The third-order valence-corrected chi connectivity index (χ3v) is 6.82. The van der Waals surface area contributed by atoms with Crippen LogP contribution in [0.25, 0.3) is 0 Å². The SMILES string of the molecule is CC(C)(C)OC(=O)CC(NC(=O)CNC(=O)c1cccc(N=C(NC(=O)OC(C)(C)C)NC(=O)OC(C)(C)C)c1)C(=O)Nc1ccc(OCCCNC(=O)OC(C)(C)C)cc1. The van der Waals surface area contributed by atoms with E-state index in [9.17, 15) is 33.6 Å². The van der Waals surface area contributed by atoms with Crippen molar-refractivity contribution in [2.45, 2.75) is 124 Å². The van der Waals surface area contributed by atoms with E-state index in [1.165, 1.54) is 24.3 Å². The predicted octanol–water partition coefficient (Wildman–Crippen LogP) is 5.60. The van der Waals surface area contributed by atoms with Crippen LogP contribution in [0.4, 0.5) is 25.8 Å². The molecule has 19 heteroatoms. The van der Waals surface area contributed by atoms with E-state index >= 15 is 0 Å². The smallest absolute Gasteiger partial charge is 0.414 e. The highest BCUT2D eigenvalue weighted by molar-refractivity contribution is 6.03. The van der Waals surface area contributed by atoms with Gasteiger partial charge in [-0.15, -0.1) is 0 Å². The molecular weight excluding hydrogens is 794 g/mol. The molecular formula is C42H61N7O12. The van der Waals surface area contributed by atoms with Gasteiger partial charge in [0, 0.05) is 17.8 Å². The van der Waals surface area contributed by atoms with Crippen molar-refractivity contribution >= 4 is 59.3 Å². The number of hydrogen-bond acceptors (Lipinski definition) is 13. The van der Waals surface area contributed by atoms with Gasteiger partial charge in [0.05, 0.1) is 25.3 Å². The number of benzene rings is 2. The summed E-state index contributed by atoms with van der Waals surface area (Å²) in [5.74, 6) is -2.82. The highest BCUT2D eigenvalue weighted by atomic mass is 16.6. The Morgan fingerprint density at radius 3 is 1.74 bits per heavy atom. The van der Waals surface area contributed by atoms with E-state index < -0.39 is 83.4 Å². The van der Waals surface area contributed by atoms with Crippen LogP contribution >= 0.6 is 0 Å². The van der Waals surface area contributed by atoms with Crippen LogP contribution in [0.15, 0.2) is 53.5 Å². The number of alkyl carbamates (subject to hydrolysis) is 3. The Morgan fingerprint density at radius 1 is 0.656 bits per heavy atom. The number of guanidine groups is 1. The van der Waals surface area contributed by atoms with Crippen LogP contribution in [0.5, 0.6) is 5.75 Å². The summed E-state index contributed by atoms with van der Waals surface area (Å²) >= 11 is 0. The fraction of sp³-hybridized carbons (Fsp3) is 0.524. The van der Waals surface area contributed by atoms with Crippen molar-refractivity contribution in [1.29, 1.82) is 0 Å². The summed E-state index contributed by atoms with van der Waals surface area (Å²) in [5.41, 5.74) is -2.67. The van der Waals surface area contributed by atoms with E-state index in [1.807, 2.05) is 0 Å². The van der Waals surface area contributed by atoms with Gasteiger partial charge in [0.1, 0.15) is 34.2 Å². The molecule has 2 rings (SSSR count). The van der Waals surface area contributed by atoms with Crippen LogP contribution in [-0.4, -0.2) is 96.1 Å². The van der Waals surface area contributed by atoms with Crippen molar-refractivity contribution in [2.24, 2.45) is 4.99 Å². The normalized spacial score (nSPS) is 12.0. The lowest BCUT2D eigenvalue weighted by atomic mass is 10.1. The van der Waals surface area contributed by atoms with Crippen molar-refractivity contribution < 1.29 is 57.2 Å². The van der Waals surface area contributed by atoms with Gasteiger partial charge >= 0.3 is 24.2 Å². The number of amides is 6. The molecule has 0 spiro atoms. The third kappa shape index (κ3) is 23.1. The molecule has 6 amide bonds.